The SMILES string of the molecule is CC(C)Cn1c(CN2CC[C@@H](CN)C2)nc2ccccc21. The summed E-state index contributed by atoms with van der Waals surface area (Å²) in [7, 11) is 0. The minimum absolute atomic E-state index is 0.622. The van der Waals surface area contributed by atoms with Crippen molar-refractivity contribution in [3.05, 3.63) is 30.1 Å². The van der Waals surface area contributed by atoms with Crippen molar-refractivity contribution in [2.45, 2.75) is 33.4 Å². The van der Waals surface area contributed by atoms with Gasteiger partial charge in [-0.2, -0.15) is 0 Å². The lowest BCUT2D eigenvalue weighted by atomic mass is 10.1. The molecule has 0 radical (unpaired) electrons. The van der Waals surface area contributed by atoms with E-state index in [-0.39, 0.29) is 0 Å². The first-order chi connectivity index (χ1) is 10.2. The van der Waals surface area contributed by atoms with Crippen molar-refractivity contribution >= 4 is 11.0 Å². The Balaban J connectivity index is 1.86. The highest BCUT2D eigenvalue weighted by Gasteiger charge is 2.23. The summed E-state index contributed by atoms with van der Waals surface area (Å²) in [6.07, 6.45) is 1.22. The number of aromatic nitrogens is 2. The molecule has 2 aromatic rings. The van der Waals surface area contributed by atoms with Gasteiger partial charge in [0.1, 0.15) is 5.82 Å². The van der Waals surface area contributed by atoms with Crippen molar-refractivity contribution in [2.24, 2.45) is 17.6 Å². The fourth-order valence-corrected chi connectivity index (χ4v) is 3.26. The van der Waals surface area contributed by atoms with Crippen LogP contribution in [0.15, 0.2) is 24.3 Å². The van der Waals surface area contributed by atoms with E-state index in [0.29, 0.717) is 11.8 Å². The lowest BCUT2D eigenvalue weighted by molar-refractivity contribution is 0.302. The second kappa shape index (κ2) is 6.16. The number of hydrogen-bond acceptors (Lipinski definition) is 3. The van der Waals surface area contributed by atoms with Crippen molar-refractivity contribution in [3.63, 3.8) is 0 Å². The van der Waals surface area contributed by atoms with Crippen molar-refractivity contribution in [1.82, 2.24) is 14.5 Å². The number of hydrogen-bond donors (Lipinski definition) is 1. The first kappa shape index (κ1) is 14.5. The van der Waals surface area contributed by atoms with Crippen LogP contribution in [0.5, 0.6) is 0 Å². The van der Waals surface area contributed by atoms with Gasteiger partial charge in [-0.25, -0.2) is 4.98 Å². The van der Waals surface area contributed by atoms with Crippen LogP contribution in [0.1, 0.15) is 26.1 Å². The zero-order chi connectivity index (χ0) is 14.8. The first-order valence-corrected chi connectivity index (χ1v) is 8.04. The van der Waals surface area contributed by atoms with E-state index in [0.717, 1.165) is 38.2 Å². The first-order valence-electron chi connectivity index (χ1n) is 8.04. The predicted molar refractivity (Wildman–Crippen MR) is 87.0 cm³/mol. The standard InChI is InChI=1S/C17H26N4/c1-13(2)10-21-16-6-4-3-5-15(16)19-17(21)12-20-8-7-14(9-18)11-20/h3-6,13-14H,7-12,18H2,1-2H3/t14-/m0/s1. The molecule has 0 aliphatic carbocycles. The summed E-state index contributed by atoms with van der Waals surface area (Å²) in [4.78, 5) is 7.37. The van der Waals surface area contributed by atoms with Gasteiger partial charge in [0.25, 0.3) is 0 Å². The summed E-state index contributed by atoms with van der Waals surface area (Å²) >= 11 is 0. The van der Waals surface area contributed by atoms with Crippen LogP contribution in [0.4, 0.5) is 0 Å². The van der Waals surface area contributed by atoms with E-state index in [4.69, 9.17) is 10.7 Å². The van der Waals surface area contributed by atoms with E-state index in [9.17, 15) is 0 Å². The number of imidazole rings is 1. The molecule has 4 heteroatoms. The molecule has 0 amide bonds. The summed E-state index contributed by atoms with van der Waals surface area (Å²) in [6, 6.07) is 8.47. The van der Waals surface area contributed by atoms with Crippen LogP contribution in [-0.2, 0) is 13.1 Å². The largest absolute Gasteiger partial charge is 0.330 e. The van der Waals surface area contributed by atoms with E-state index in [1.807, 2.05) is 0 Å². The molecular weight excluding hydrogens is 260 g/mol. The molecule has 2 heterocycles. The molecule has 0 unspecified atom stereocenters. The third kappa shape index (κ3) is 3.11. The molecule has 2 N–H and O–H groups in total. The molecule has 1 saturated heterocycles. The maximum absolute atomic E-state index is 5.80. The predicted octanol–water partition coefficient (Wildman–Crippen LogP) is 2.47. The highest BCUT2D eigenvalue weighted by atomic mass is 15.2. The van der Waals surface area contributed by atoms with Gasteiger partial charge >= 0.3 is 0 Å². The van der Waals surface area contributed by atoms with Crippen LogP contribution < -0.4 is 5.73 Å². The smallest absolute Gasteiger partial charge is 0.124 e. The summed E-state index contributed by atoms with van der Waals surface area (Å²) in [5.41, 5.74) is 8.17. The van der Waals surface area contributed by atoms with Crippen LogP contribution in [0.25, 0.3) is 11.0 Å². The maximum atomic E-state index is 5.80. The Labute approximate surface area is 126 Å². The van der Waals surface area contributed by atoms with Crippen molar-refractivity contribution in [3.8, 4) is 0 Å². The van der Waals surface area contributed by atoms with Crippen LogP contribution in [0.3, 0.4) is 0 Å². The molecule has 1 fully saturated rings. The number of nitrogens with zero attached hydrogens (tertiary/aromatic N) is 3. The summed E-state index contributed by atoms with van der Waals surface area (Å²) in [6.45, 7) is 9.56. The van der Waals surface area contributed by atoms with Crippen LogP contribution >= 0.6 is 0 Å². The summed E-state index contributed by atoms with van der Waals surface area (Å²) in [5.74, 6) is 2.48. The van der Waals surface area contributed by atoms with Gasteiger partial charge in [-0.05, 0) is 43.5 Å². The van der Waals surface area contributed by atoms with Gasteiger partial charge in [-0.1, -0.05) is 26.0 Å². The van der Waals surface area contributed by atoms with Gasteiger partial charge in [0.2, 0.25) is 0 Å². The summed E-state index contributed by atoms with van der Waals surface area (Å²) < 4.78 is 2.40. The van der Waals surface area contributed by atoms with Gasteiger partial charge in [-0.3, -0.25) is 4.90 Å². The Morgan fingerprint density at radius 3 is 2.86 bits per heavy atom. The fourth-order valence-electron chi connectivity index (χ4n) is 3.26. The van der Waals surface area contributed by atoms with Crippen molar-refractivity contribution in [2.75, 3.05) is 19.6 Å². The average molecular weight is 286 g/mol. The second-order valence-corrected chi connectivity index (χ2v) is 6.65. The number of nitrogens with two attached hydrogens (primary N) is 1. The number of para-hydroxylation sites is 2. The van der Waals surface area contributed by atoms with E-state index < -0.39 is 0 Å². The van der Waals surface area contributed by atoms with Gasteiger partial charge < -0.3 is 10.3 Å². The third-order valence-corrected chi connectivity index (χ3v) is 4.35. The molecule has 4 nitrogen and oxygen atoms in total. The number of fused-ring (bicyclic) bond motifs is 1. The highest BCUT2D eigenvalue weighted by Crippen LogP contribution is 2.22. The number of benzene rings is 1. The number of rotatable bonds is 5. The molecule has 0 spiro atoms. The minimum Gasteiger partial charge on any atom is -0.330 e. The van der Waals surface area contributed by atoms with Crippen LogP contribution in [-0.4, -0.2) is 34.1 Å². The number of likely N-dealkylation sites (tertiary alicyclic amines) is 1. The fraction of sp³-hybridized carbons (Fsp3) is 0.588. The van der Waals surface area contributed by atoms with E-state index in [2.05, 4.69) is 47.6 Å². The van der Waals surface area contributed by atoms with Crippen LogP contribution in [0, 0.1) is 11.8 Å². The molecule has 1 aromatic heterocycles. The Kier molecular flexibility index (Phi) is 4.27. The molecule has 1 aliphatic heterocycles. The van der Waals surface area contributed by atoms with Gasteiger partial charge in [0, 0.05) is 13.1 Å². The van der Waals surface area contributed by atoms with Gasteiger partial charge in [0.15, 0.2) is 0 Å². The van der Waals surface area contributed by atoms with Crippen molar-refractivity contribution in [1.29, 1.82) is 0 Å². The summed E-state index contributed by atoms with van der Waals surface area (Å²) in [5, 5.41) is 0. The van der Waals surface area contributed by atoms with Gasteiger partial charge in [0.05, 0.1) is 17.6 Å². The third-order valence-electron chi connectivity index (χ3n) is 4.35. The molecular formula is C17H26N4. The van der Waals surface area contributed by atoms with Crippen LogP contribution in [0.2, 0.25) is 0 Å². The van der Waals surface area contributed by atoms with Crippen molar-refractivity contribution < 1.29 is 0 Å². The zero-order valence-electron chi connectivity index (χ0n) is 13.1. The molecule has 3 rings (SSSR count). The molecule has 0 bridgehead atoms. The zero-order valence-corrected chi connectivity index (χ0v) is 13.1. The maximum Gasteiger partial charge on any atom is 0.124 e. The lowest BCUT2D eigenvalue weighted by Crippen LogP contribution is -2.25. The highest BCUT2D eigenvalue weighted by molar-refractivity contribution is 5.75. The quantitative estimate of drug-likeness (QED) is 0.918. The topological polar surface area (TPSA) is 47.1 Å². The molecule has 21 heavy (non-hydrogen) atoms. The second-order valence-electron chi connectivity index (χ2n) is 6.65. The molecule has 1 aromatic carbocycles. The van der Waals surface area contributed by atoms with Gasteiger partial charge in [-0.15, -0.1) is 0 Å². The Morgan fingerprint density at radius 1 is 1.33 bits per heavy atom. The Bertz CT molecular complexity index is 602. The molecule has 1 atom stereocenters. The molecule has 0 saturated carbocycles. The lowest BCUT2D eigenvalue weighted by Gasteiger charge is -2.17. The average Bonchev–Trinajstić information content (AvgIpc) is 3.05. The molecule has 1 aliphatic rings. The van der Waals surface area contributed by atoms with E-state index >= 15 is 0 Å². The monoisotopic (exact) mass is 286 g/mol. The Hall–Kier alpha value is -1.39. The van der Waals surface area contributed by atoms with E-state index in [1.165, 1.54) is 17.8 Å². The van der Waals surface area contributed by atoms with E-state index in [1.54, 1.807) is 0 Å². The normalized spacial score (nSPS) is 19.9. The molecule has 114 valence electrons. The minimum atomic E-state index is 0.622. The Morgan fingerprint density at radius 2 is 2.14 bits per heavy atom.